The first-order valence-electron chi connectivity index (χ1n) is 4.21. The Morgan fingerprint density at radius 2 is 2.14 bits per heavy atom. The minimum atomic E-state index is -0.245. The van der Waals surface area contributed by atoms with Crippen molar-refractivity contribution in [2.75, 3.05) is 0 Å². The molecule has 2 rings (SSSR count). The van der Waals surface area contributed by atoms with Crippen LogP contribution in [0.2, 0.25) is 0 Å². The Balaban J connectivity index is 2.44. The molecule has 0 bridgehead atoms. The predicted octanol–water partition coefficient (Wildman–Crippen LogP) is 2.41. The third-order valence-electron chi connectivity index (χ3n) is 1.86. The third-order valence-corrected chi connectivity index (χ3v) is 2.91. The first-order chi connectivity index (χ1) is 6.81. The first-order valence-corrected chi connectivity index (χ1v) is 5.02. The van der Waals surface area contributed by atoms with Gasteiger partial charge in [-0.25, -0.2) is 9.37 Å². The SMILES string of the molecule is NCc1cnc(-c2ccccc2F)s1. The number of aromatic nitrogens is 1. The van der Waals surface area contributed by atoms with Crippen molar-refractivity contribution in [2.24, 2.45) is 5.73 Å². The molecule has 0 radical (unpaired) electrons. The van der Waals surface area contributed by atoms with Crippen LogP contribution in [-0.2, 0) is 6.54 Å². The molecular weight excluding hydrogens is 199 g/mol. The molecule has 0 aliphatic heterocycles. The quantitative estimate of drug-likeness (QED) is 0.823. The van der Waals surface area contributed by atoms with Gasteiger partial charge < -0.3 is 5.73 Å². The molecule has 0 saturated heterocycles. The maximum absolute atomic E-state index is 13.3. The predicted molar refractivity (Wildman–Crippen MR) is 55.4 cm³/mol. The van der Waals surface area contributed by atoms with Crippen LogP contribution in [0.1, 0.15) is 4.88 Å². The van der Waals surface area contributed by atoms with Crippen LogP contribution in [0.5, 0.6) is 0 Å². The summed E-state index contributed by atoms with van der Waals surface area (Å²) in [6, 6.07) is 6.60. The van der Waals surface area contributed by atoms with E-state index in [2.05, 4.69) is 4.98 Å². The Hall–Kier alpha value is -1.26. The topological polar surface area (TPSA) is 38.9 Å². The highest BCUT2D eigenvalue weighted by Gasteiger charge is 2.07. The summed E-state index contributed by atoms with van der Waals surface area (Å²) in [5.41, 5.74) is 6.00. The van der Waals surface area contributed by atoms with Gasteiger partial charge in [0.15, 0.2) is 0 Å². The standard InChI is InChI=1S/C10H9FN2S/c11-9-4-2-1-3-8(9)10-13-6-7(5-12)14-10/h1-4,6H,5,12H2. The van der Waals surface area contributed by atoms with Crippen molar-refractivity contribution < 1.29 is 4.39 Å². The second kappa shape index (κ2) is 3.86. The molecule has 0 unspecified atom stereocenters. The molecule has 0 aliphatic rings. The highest BCUT2D eigenvalue weighted by Crippen LogP contribution is 2.26. The van der Waals surface area contributed by atoms with Gasteiger partial charge in [0.1, 0.15) is 10.8 Å². The second-order valence-electron chi connectivity index (χ2n) is 2.82. The number of halogens is 1. The van der Waals surface area contributed by atoms with E-state index in [0.717, 1.165) is 4.88 Å². The fourth-order valence-corrected chi connectivity index (χ4v) is 1.98. The van der Waals surface area contributed by atoms with E-state index in [1.807, 2.05) is 0 Å². The molecule has 2 N–H and O–H groups in total. The van der Waals surface area contributed by atoms with Gasteiger partial charge in [0.25, 0.3) is 0 Å². The van der Waals surface area contributed by atoms with Crippen molar-refractivity contribution in [1.29, 1.82) is 0 Å². The Kier molecular flexibility index (Phi) is 2.56. The van der Waals surface area contributed by atoms with Gasteiger partial charge in [-0.2, -0.15) is 0 Å². The highest BCUT2D eigenvalue weighted by molar-refractivity contribution is 7.15. The average Bonchev–Trinajstić information content (AvgIpc) is 2.67. The zero-order valence-electron chi connectivity index (χ0n) is 7.40. The van der Waals surface area contributed by atoms with Gasteiger partial charge in [-0.05, 0) is 12.1 Å². The zero-order valence-corrected chi connectivity index (χ0v) is 8.22. The van der Waals surface area contributed by atoms with E-state index in [1.54, 1.807) is 24.4 Å². The number of hydrogen-bond acceptors (Lipinski definition) is 3. The second-order valence-corrected chi connectivity index (χ2v) is 3.93. The van der Waals surface area contributed by atoms with E-state index >= 15 is 0 Å². The van der Waals surface area contributed by atoms with Gasteiger partial charge >= 0.3 is 0 Å². The zero-order chi connectivity index (χ0) is 9.97. The average molecular weight is 208 g/mol. The van der Waals surface area contributed by atoms with E-state index in [9.17, 15) is 4.39 Å². The molecule has 0 fully saturated rings. The van der Waals surface area contributed by atoms with Crippen molar-refractivity contribution in [3.8, 4) is 10.6 Å². The van der Waals surface area contributed by atoms with E-state index in [-0.39, 0.29) is 5.82 Å². The lowest BCUT2D eigenvalue weighted by Crippen LogP contribution is -1.91. The largest absolute Gasteiger partial charge is 0.326 e. The molecule has 0 atom stereocenters. The minimum absolute atomic E-state index is 0.245. The summed E-state index contributed by atoms with van der Waals surface area (Å²) in [5, 5.41) is 0.684. The molecule has 1 aromatic heterocycles. The highest BCUT2D eigenvalue weighted by atomic mass is 32.1. The van der Waals surface area contributed by atoms with Crippen molar-refractivity contribution in [3.05, 3.63) is 41.2 Å². The van der Waals surface area contributed by atoms with E-state index in [0.29, 0.717) is 17.1 Å². The Morgan fingerprint density at radius 1 is 1.36 bits per heavy atom. The summed E-state index contributed by atoms with van der Waals surface area (Å²) in [6.07, 6.45) is 1.69. The van der Waals surface area contributed by atoms with Crippen LogP contribution >= 0.6 is 11.3 Å². The first kappa shape index (κ1) is 9.30. The van der Waals surface area contributed by atoms with E-state index < -0.39 is 0 Å². The monoisotopic (exact) mass is 208 g/mol. The van der Waals surface area contributed by atoms with Crippen molar-refractivity contribution in [2.45, 2.75) is 6.54 Å². The lowest BCUT2D eigenvalue weighted by atomic mass is 10.2. The minimum Gasteiger partial charge on any atom is -0.326 e. The van der Waals surface area contributed by atoms with Gasteiger partial charge in [0.2, 0.25) is 0 Å². The molecule has 0 spiro atoms. The van der Waals surface area contributed by atoms with E-state index in [4.69, 9.17) is 5.73 Å². The number of nitrogens with two attached hydrogens (primary N) is 1. The Bertz CT molecular complexity index is 439. The number of nitrogens with zero attached hydrogens (tertiary/aromatic N) is 1. The molecule has 1 aromatic carbocycles. The van der Waals surface area contributed by atoms with Crippen LogP contribution < -0.4 is 5.73 Å². The van der Waals surface area contributed by atoms with Gasteiger partial charge in [-0.15, -0.1) is 11.3 Å². The van der Waals surface area contributed by atoms with Crippen molar-refractivity contribution >= 4 is 11.3 Å². The van der Waals surface area contributed by atoms with Gasteiger partial charge in [-0.1, -0.05) is 12.1 Å². The third kappa shape index (κ3) is 1.66. The lowest BCUT2D eigenvalue weighted by Gasteiger charge is -1.96. The normalized spacial score (nSPS) is 10.4. The van der Waals surface area contributed by atoms with Crippen LogP contribution in [0.25, 0.3) is 10.6 Å². The van der Waals surface area contributed by atoms with E-state index in [1.165, 1.54) is 17.4 Å². The summed E-state index contributed by atoms with van der Waals surface area (Å²) in [4.78, 5) is 5.08. The van der Waals surface area contributed by atoms with Gasteiger partial charge in [0.05, 0.1) is 0 Å². The summed E-state index contributed by atoms with van der Waals surface area (Å²) in [5.74, 6) is -0.245. The number of benzene rings is 1. The van der Waals surface area contributed by atoms with Crippen LogP contribution in [0.15, 0.2) is 30.5 Å². The van der Waals surface area contributed by atoms with Crippen LogP contribution in [0, 0.1) is 5.82 Å². The maximum atomic E-state index is 13.3. The molecule has 1 heterocycles. The summed E-state index contributed by atoms with van der Waals surface area (Å²) < 4.78 is 13.3. The fraction of sp³-hybridized carbons (Fsp3) is 0.100. The molecule has 72 valence electrons. The van der Waals surface area contributed by atoms with Crippen molar-refractivity contribution in [1.82, 2.24) is 4.98 Å². The molecule has 2 aromatic rings. The maximum Gasteiger partial charge on any atom is 0.133 e. The number of rotatable bonds is 2. The number of thiazole rings is 1. The Morgan fingerprint density at radius 3 is 2.79 bits per heavy atom. The molecule has 0 amide bonds. The molecule has 14 heavy (non-hydrogen) atoms. The summed E-state index contributed by atoms with van der Waals surface area (Å²) >= 11 is 1.42. The summed E-state index contributed by atoms with van der Waals surface area (Å²) in [6.45, 7) is 0.451. The van der Waals surface area contributed by atoms with Crippen LogP contribution in [0.3, 0.4) is 0 Å². The molecule has 4 heteroatoms. The molecule has 2 nitrogen and oxygen atoms in total. The number of hydrogen-bond donors (Lipinski definition) is 1. The van der Waals surface area contributed by atoms with Gasteiger partial charge in [-0.3, -0.25) is 0 Å². The Labute approximate surface area is 85.2 Å². The fourth-order valence-electron chi connectivity index (χ4n) is 1.16. The summed E-state index contributed by atoms with van der Waals surface area (Å²) in [7, 11) is 0. The molecule has 0 saturated carbocycles. The van der Waals surface area contributed by atoms with Crippen LogP contribution in [-0.4, -0.2) is 4.98 Å². The van der Waals surface area contributed by atoms with Gasteiger partial charge in [0, 0.05) is 23.2 Å². The molecular formula is C10H9FN2S. The molecule has 0 aliphatic carbocycles. The van der Waals surface area contributed by atoms with Crippen molar-refractivity contribution in [3.63, 3.8) is 0 Å². The smallest absolute Gasteiger partial charge is 0.133 e. The van der Waals surface area contributed by atoms with Crippen LogP contribution in [0.4, 0.5) is 4.39 Å². The lowest BCUT2D eigenvalue weighted by molar-refractivity contribution is 0.631.